The van der Waals surface area contributed by atoms with Crippen molar-refractivity contribution < 1.29 is 0 Å². The number of benzene rings is 1. The van der Waals surface area contributed by atoms with Crippen molar-refractivity contribution in [2.24, 2.45) is 4.99 Å². The van der Waals surface area contributed by atoms with Gasteiger partial charge in [0.15, 0.2) is 5.17 Å². The van der Waals surface area contributed by atoms with E-state index in [0.717, 1.165) is 6.54 Å². The molecule has 1 aromatic carbocycles. The summed E-state index contributed by atoms with van der Waals surface area (Å²) in [6.07, 6.45) is 0. The molecule has 2 aliphatic heterocycles. The van der Waals surface area contributed by atoms with Gasteiger partial charge in [0.1, 0.15) is 0 Å². The smallest absolute Gasteiger partial charge is 0.160 e. The van der Waals surface area contributed by atoms with Crippen molar-refractivity contribution in [2.45, 2.75) is 6.04 Å². The maximum Gasteiger partial charge on any atom is 0.160 e. The predicted molar refractivity (Wildman–Crippen MR) is 60.6 cm³/mol. The van der Waals surface area contributed by atoms with Gasteiger partial charge in [-0.15, -0.1) is 0 Å². The third-order valence-electron chi connectivity index (χ3n) is 2.71. The van der Waals surface area contributed by atoms with Gasteiger partial charge in [0.05, 0.1) is 6.04 Å². The summed E-state index contributed by atoms with van der Waals surface area (Å²) in [6, 6.07) is 10.9. The maximum absolute atomic E-state index is 4.73. The summed E-state index contributed by atoms with van der Waals surface area (Å²) in [5.41, 5.74) is 1.34. The number of fused-ring (bicyclic) bond motifs is 1. The minimum absolute atomic E-state index is 0.374. The average molecular weight is 216 g/mol. The molecule has 0 radical (unpaired) electrons. The number of aliphatic imine (C=N–C) groups is 1. The van der Waals surface area contributed by atoms with Crippen LogP contribution in [0.15, 0.2) is 35.3 Å². The van der Waals surface area contributed by atoms with Gasteiger partial charge in [-0.2, -0.15) is 0 Å². The number of hydrogen-bond acceptors (Lipinski definition) is 3. The molecular weight excluding hydrogens is 204 g/mol. The molecule has 0 aromatic heterocycles. The van der Waals surface area contributed by atoms with E-state index in [-0.39, 0.29) is 0 Å². The van der Waals surface area contributed by atoms with Crippen molar-refractivity contribution in [2.75, 3.05) is 18.8 Å². The molecule has 1 saturated heterocycles. The van der Waals surface area contributed by atoms with Crippen molar-refractivity contribution in [1.29, 1.82) is 0 Å². The largest absolute Gasteiger partial charge is 0.348 e. The zero-order valence-corrected chi connectivity index (χ0v) is 8.70. The monoisotopic (exact) mass is 216 g/mol. The van der Waals surface area contributed by atoms with E-state index in [1.807, 2.05) is 11.8 Å². The Hall–Kier alpha value is -0.960. The highest BCUT2D eigenvalue weighted by atomic mass is 32.2. The zero-order valence-electron chi connectivity index (χ0n) is 7.89. The van der Waals surface area contributed by atoms with Crippen molar-refractivity contribution in [3.05, 3.63) is 35.9 Å². The normalized spacial score (nSPS) is 25.0. The highest BCUT2D eigenvalue weighted by molar-refractivity contribution is 8.14. The summed E-state index contributed by atoms with van der Waals surface area (Å²) < 4.78 is 0. The van der Waals surface area contributed by atoms with E-state index in [0.29, 0.717) is 6.04 Å². The minimum Gasteiger partial charge on any atom is -0.348 e. The van der Waals surface area contributed by atoms with E-state index >= 15 is 0 Å². The predicted octanol–water partition coefficient (Wildman–Crippen LogP) is 2.15. The second-order valence-corrected chi connectivity index (χ2v) is 4.69. The van der Waals surface area contributed by atoms with E-state index in [2.05, 4.69) is 35.2 Å². The molecule has 2 nitrogen and oxygen atoms in total. The third kappa shape index (κ3) is 1.32. The first kappa shape index (κ1) is 8.36. The van der Waals surface area contributed by atoms with Crippen LogP contribution >= 0.6 is 11.8 Å². The van der Waals surface area contributed by atoms with E-state index in [9.17, 15) is 0 Å². The first-order valence-corrected chi connectivity index (χ1v) is 5.92. The van der Waals surface area contributed by atoms with Gasteiger partial charge in [-0.3, -0.25) is 4.99 Å². The van der Waals surface area contributed by atoms with Gasteiger partial charge in [0, 0.05) is 18.8 Å². The van der Waals surface area contributed by atoms with Crippen LogP contribution in [-0.2, 0) is 0 Å². The van der Waals surface area contributed by atoms with Crippen molar-refractivity contribution >= 4 is 16.9 Å². The van der Waals surface area contributed by atoms with E-state index in [1.54, 1.807) is 0 Å². The summed E-state index contributed by atoms with van der Waals surface area (Å²) in [5.74, 6) is 1.21. The molecule has 0 spiro atoms. The number of nitrogens with zero attached hydrogens (tertiary/aromatic N) is 2. The Morgan fingerprint density at radius 1 is 1.36 bits per heavy atom. The van der Waals surface area contributed by atoms with E-state index in [4.69, 9.17) is 4.99 Å². The van der Waals surface area contributed by atoms with Gasteiger partial charge in [0.25, 0.3) is 0 Å². The average Bonchev–Trinajstić information content (AvgIpc) is 2.78. The van der Waals surface area contributed by atoms with Crippen LogP contribution in [0.5, 0.6) is 0 Å². The van der Waals surface area contributed by atoms with Gasteiger partial charge in [-0.25, -0.2) is 0 Å². The lowest BCUT2D eigenvalue weighted by Crippen LogP contribution is -2.21. The second kappa shape index (κ2) is 3.31. The fraction of sp³-hybridized carbons (Fsp3) is 0.364. The summed E-state index contributed by atoms with van der Waals surface area (Å²) in [4.78, 5) is 7.12. The van der Waals surface area contributed by atoms with Crippen LogP contribution in [-0.4, -0.2) is 28.9 Å². The SMILES string of the molecule is C1CN2C[C@@H]([14c]3[14cH][14cH][14cH][14cH][14cH]3)N=C2S1. The zero-order chi connectivity index (χ0) is 9.38. The Morgan fingerprint density at radius 3 is 3.00 bits per heavy atom. The Labute approximate surface area is 88.0 Å². The molecule has 1 aromatic rings. The maximum atomic E-state index is 4.73. The van der Waals surface area contributed by atoms with E-state index < -0.39 is 0 Å². The quantitative estimate of drug-likeness (QED) is 0.714. The topological polar surface area (TPSA) is 15.6 Å². The van der Waals surface area contributed by atoms with Crippen LogP contribution in [0.4, 0.5) is 0 Å². The lowest BCUT2D eigenvalue weighted by atomic mass is 10.5. The fourth-order valence-corrected chi connectivity index (χ4v) is 3.00. The molecule has 0 amide bonds. The van der Waals surface area contributed by atoms with Gasteiger partial charge in [-0.1, -0.05) is 42.1 Å². The molecule has 1 fully saturated rings. The highest BCUT2D eigenvalue weighted by Crippen LogP contribution is 2.31. The molecule has 0 bridgehead atoms. The van der Waals surface area contributed by atoms with Gasteiger partial charge in [0.2, 0.25) is 0 Å². The fourth-order valence-electron chi connectivity index (χ4n) is 1.96. The molecular formula is C11H12N2S. The van der Waals surface area contributed by atoms with Gasteiger partial charge < -0.3 is 4.90 Å². The molecule has 0 unspecified atom stereocenters. The molecule has 0 saturated carbocycles. The molecule has 72 valence electrons. The molecule has 2 heterocycles. The minimum atomic E-state index is 0.374. The standard InChI is InChI=1S/C11H12N2S/c1-2-4-9(5-3-1)10-8-13-6-7-14-11(13)12-10/h1-5,10H,6-8H2/t10-/m0/s1/i1+2,2+2,3+2,4+2,5+2,9+2. The summed E-state index contributed by atoms with van der Waals surface area (Å²) in [7, 11) is 0. The van der Waals surface area contributed by atoms with Gasteiger partial charge in [-0.05, 0) is 5.56 Å². The molecule has 0 N–H and O–H groups in total. The number of amidine groups is 1. The lowest BCUT2D eigenvalue weighted by molar-refractivity contribution is 0.464. The van der Waals surface area contributed by atoms with Crippen molar-refractivity contribution in [3.63, 3.8) is 0 Å². The first-order chi connectivity index (χ1) is 6.93. The summed E-state index contributed by atoms with van der Waals surface area (Å²) >= 11 is 1.89. The van der Waals surface area contributed by atoms with Crippen LogP contribution in [0.1, 0.15) is 11.6 Å². The first-order valence-electron chi connectivity index (χ1n) is 4.94. The summed E-state index contributed by atoms with van der Waals surface area (Å²) in [6.45, 7) is 2.25. The van der Waals surface area contributed by atoms with Crippen LogP contribution in [0.3, 0.4) is 0 Å². The van der Waals surface area contributed by atoms with Gasteiger partial charge >= 0.3 is 0 Å². The Morgan fingerprint density at radius 2 is 2.21 bits per heavy atom. The van der Waals surface area contributed by atoms with Crippen LogP contribution in [0.2, 0.25) is 0 Å². The van der Waals surface area contributed by atoms with Crippen LogP contribution in [0.25, 0.3) is 0 Å². The van der Waals surface area contributed by atoms with E-state index in [1.165, 1.54) is 23.0 Å². The summed E-state index contributed by atoms with van der Waals surface area (Å²) in [5, 5.41) is 1.25. The molecule has 2 aliphatic rings. The highest BCUT2D eigenvalue weighted by Gasteiger charge is 2.29. The molecule has 14 heavy (non-hydrogen) atoms. The van der Waals surface area contributed by atoms with Crippen molar-refractivity contribution in [1.82, 2.24) is 4.90 Å². The molecule has 0 aliphatic carbocycles. The molecule has 1 atom stereocenters. The van der Waals surface area contributed by atoms with Crippen molar-refractivity contribution in [3.8, 4) is 0 Å². The van der Waals surface area contributed by atoms with Crippen LogP contribution < -0.4 is 0 Å². The number of hydrogen-bond donors (Lipinski definition) is 0. The Kier molecular flexibility index (Phi) is 1.98. The third-order valence-corrected chi connectivity index (χ3v) is 3.72. The van der Waals surface area contributed by atoms with Crippen LogP contribution in [0, 0.1) is 0 Å². The molecule has 3 rings (SSSR count). The Balaban J connectivity index is 1.87. The molecule has 3 heteroatoms. The Bertz CT molecular complexity index is 361. The lowest BCUT2D eigenvalue weighted by Gasteiger charge is -2.12. The number of rotatable bonds is 1. The number of thioether (sulfide) groups is 1. The second-order valence-electron chi connectivity index (χ2n) is 3.63.